The first kappa shape index (κ1) is 18.8. The fourth-order valence-corrected chi connectivity index (χ4v) is 2.49. The summed E-state index contributed by atoms with van der Waals surface area (Å²) in [6.45, 7) is 0. The van der Waals surface area contributed by atoms with Gasteiger partial charge in [-0.1, -0.05) is 24.3 Å². The molecule has 3 aromatic carbocycles. The van der Waals surface area contributed by atoms with Crippen molar-refractivity contribution in [2.45, 2.75) is 0 Å². The van der Waals surface area contributed by atoms with Crippen molar-refractivity contribution in [2.75, 3.05) is 0 Å². The second-order valence-corrected chi connectivity index (χ2v) is 5.48. The molecule has 0 radical (unpaired) electrons. The molecule has 2 nitrogen and oxygen atoms in total. The highest BCUT2D eigenvalue weighted by Gasteiger charge is 2.27. The zero-order chi connectivity index (χ0) is 19.7. The van der Waals surface area contributed by atoms with Gasteiger partial charge in [0.2, 0.25) is 0 Å². The quantitative estimate of drug-likeness (QED) is 0.321. The van der Waals surface area contributed by atoms with Crippen LogP contribution in [0.25, 0.3) is 11.1 Å². The van der Waals surface area contributed by atoms with Crippen LogP contribution in [0.5, 0.6) is 5.75 Å². The zero-order valence-electron chi connectivity index (χ0n) is 13.3. The summed E-state index contributed by atoms with van der Waals surface area (Å²) in [6, 6.07) is 7.80. The lowest BCUT2D eigenvalue weighted by molar-refractivity contribution is 0.395. The molecule has 3 rings (SSSR count). The van der Waals surface area contributed by atoms with Gasteiger partial charge in [0.1, 0.15) is 11.6 Å². The monoisotopic (exact) mass is 382 g/mol. The minimum Gasteiger partial charge on any atom is -0.530 e. The Morgan fingerprint density at radius 3 is 2.15 bits per heavy atom. The highest BCUT2D eigenvalue weighted by atomic mass is 19.2. The molecular weight excluding hydrogens is 373 g/mol. The molecule has 0 bridgehead atoms. The van der Waals surface area contributed by atoms with Crippen LogP contribution in [-0.4, -0.2) is 12.1 Å². The van der Waals surface area contributed by atoms with Gasteiger partial charge in [0.25, 0.3) is 0 Å². The maximum absolute atomic E-state index is 14.1. The molecular formula is C18H9BF6O2. The summed E-state index contributed by atoms with van der Waals surface area (Å²) < 4.78 is 85.8. The van der Waals surface area contributed by atoms with Crippen molar-refractivity contribution in [3.63, 3.8) is 0 Å². The second-order valence-electron chi connectivity index (χ2n) is 5.48. The Labute approximate surface area is 149 Å². The van der Waals surface area contributed by atoms with E-state index in [0.29, 0.717) is 18.2 Å². The summed E-state index contributed by atoms with van der Waals surface area (Å²) in [5.41, 5.74) is -0.636. The maximum Gasteiger partial charge on any atom is 0.560 e. The van der Waals surface area contributed by atoms with Gasteiger partial charge in [-0.05, 0) is 17.7 Å². The first-order chi connectivity index (χ1) is 12.8. The fraction of sp³-hybridized carbons (Fsp3) is 0. The van der Waals surface area contributed by atoms with Gasteiger partial charge < -0.3 is 9.68 Å². The lowest BCUT2D eigenvalue weighted by atomic mass is 9.74. The molecule has 9 heteroatoms. The Morgan fingerprint density at radius 1 is 0.704 bits per heavy atom. The zero-order valence-corrected chi connectivity index (χ0v) is 13.3. The van der Waals surface area contributed by atoms with Gasteiger partial charge >= 0.3 is 7.12 Å². The predicted octanol–water partition coefficient (Wildman–Crippen LogP) is 3.95. The molecule has 0 aromatic heterocycles. The molecule has 0 aliphatic heterocycles. The third kappa shape index (κ3) is 3.63. The van der Waals surface area contributed by atoms with E-state index in [1.54, 1.807) is 0 Å². The third-order valence-corrected chi connectivity index (χ3v) is 3.75. The maximum atomic E-state index is 14.1. The average Bonchev–Trinajstić information content (AvgIpc) is 2.64. The second kappa shape index (κ2) is 7.36. The molecule has 0 saturated heterocycles. The van der Waals surface area contributed by atoms with Crippen molar-refractivity contribution in [1.82, 2.24) is 0 Å². The number of hydrogen-bond acceptors (Lipinski definition) is 2. The van der Waals surface area contributed by atoms with Gasteiger partial charge in [-0.2, -0.15) is 4.39 Å². The van der Waals surface area contributed by atoms with Gasteiger partial charge in [0.05, 0.1) is 0 Å². The van der Waals surface area contributed by atoms with Crippen molar-refractivity contribution >= 4 is 12.6 Å². The first-order valence-corrected chi connectivity index (χ1v) is 7.51. The SMILES string of the molecule is OB(Oc1cc(F)cc(F)c1F)c1ccccc1-c1ccc(F)c(F)c1F. The molecule has 3 aromatic rings. The summed E-state index contributed by atoms with van der Waals surface area (Å²) in [5, 5.41) is 10.2. The Hall–Kier alpha value is -2.94. The van der Waals surface area contributed by atoms with E-state index in [1.165, 1.54) is 24.3 Å². The minimum absolute atomic E-state index is 0.0846. The average molecular weight is 382 g/mol. The molecule has 0 heterocycles. The van der Waals surface area contributed by atoms with E-state index >= 15 is 0 Å². The van der Waals surface area contributed by atoms with Crippen molar-refractivity contribution in [1.29, 1.82) is 0 Å². The van der Waals surface area contributed by atoms with Crippen molar-refractivity contribution in [3.8, 4) is 16.9 Å². The molecule has 0 atom stereocenters. The van der Waals surface area contributed by atoms with Crippen LogP contribution in [-0.2, 0) is 0 Å². The Kier molecular flexibility index (Phi) is 5.14. The lowest BCUT2D eigenvalue weighted by Gasteiger charge is -2.15. The third-order valence-electron chi connectivity index (χ3n) is 3.75. The highest BCUT2D eigenvalue weighted by Crippen LogP contribution is 2.26. The molecule has 0 saturated carbocycles. The number of benzene rings is 3. The Morgan fingerprint density at radius 2 is 1.41 bits per heavy atom. The number of hydrogen-bond donors (Lipinski definition) is 1. The summed E-state index contributed by atoms with van der Waals surface area (Å²) in [6.07, 6.45) is 0. The van der Waals surface area contributed by atoms with Crippen LogP contribution in [0.1, 0.15) is 0 Å². The molecule has 0 spiro atoms. The standard InChI is InChI=1S/C18H9BF6O2/c20-9-7-14(22)17(24)15(8-9)27-19(26)12-4-2-1-3-10(12)11-5-6-13(21)18(25)16(11)23/h1-8,26H. The lowest BCUT2D eigenvalue weighted by Crippen LogP contribution is -2.38. The van der Waals surface area contributed by atoms with Gasteiger partial charge in [0, 0.05) is 23.2 Å². The van der Waals surface area contributed by atoms with E-state index in [4.69, 9.17) is 4.65 Å². The van der Waals surface area contributed by atoms with Crippen LogP contribution in [0.3, 0.4) is 0 Å². The molecule has 27 heavy (non-hydrogen) atoms. The van der Waals surface area contributed by atoms with Gasteiger partial charge in [-0.15, -0.1) is 0 Å². The summed E-state index contributed by atoms with van der Waals surface area (Å²) in [5.74, 6) is -9.74. The molecule has 1 N–H and O–H groups in total. The van der Waals surface area contributed by atoms with E-state index in [0.717, 1.165) is 6.07 Å². The summed E-state index contributed by atoms with van der Waals surface area (Å²) >= 11 is 0. The highest BCUT2D eigenvalue weighted by molar-refractivity contribution is 6.62. The van der Waals surface area contributed by atoms with Crippen LogP contribution in [0.2, 0.25) is 0 Å². The number of rotatable bonds is 4. The van der Waals surface area contributed by atoms with Crippen molar-refractivity contribution in [2.24, 2.45) is 0 Å². The van der Waals surface area contributed by atoms with E-state index < -0.39 is 53.3 Å². The van der Waals surface area contributed by atoms with E-state index in [2.05, 4.69) is 0 Å². The van der Waals surface area contributed by atoms with Crippen LogP contribution in [0.15, 0.2) is 48.5 Å². The molecule has 0 amide bonds. The molecule has 0 aliphatic rings. The van der Waals surface area contributed by atoms with Gasteiger partial charge in [0.15, 0.2) is 29.1 Å². The van der Waals surface area contributed by atoms with Gasteiger partial charge in [-0.3, -0.25) is 0 Å². The fourth-order valence-electron chi connectivity index (χ4n) is 2.49. The molecule has 0 fully saturated rings. The topological polar surface area (TPSA) is 29.5 Å². The molecule has 0 aliphatic carbocycles. The molecule has 0 unspecified atom stereocenters. The van der Waals surface area contributed by atoms with E-state index in [-0.39, 0.29) is 11.0 Å². The van der Waals surface area contributed by atoms with Crippen molar-refractivity contribution in [3.05, 3.63) is 83.4 Å². The minimum atomic E-state index is -1.98. The first-order valence-electron chi connectivity index (χ1n) is 7.51. The van der Waals surface area contributed by atoms with E-state index in [1.807, 2.05) is 0 Å². The predicted molar refractivity (Wildman–Crippen MR) is 86.3 cm³/mol. The summed E-state index contributed by atoms with van der Waals surface area (Å²) in [7, 11) is -1.98. The molecule has 138 valence electrons. The van der Waals surface area contributed by atoms with Crippen LogP contribution < -0.4 is 10.1 Å². The largest absolute Gasteiger partial charge is 0.560 e. The Bertz CT molecular complexity index is 1010. The van der Waals surface area contributed by atoms with Gasteiger partial charge in [-0.25, -0.2) is 22.0 Å². The number of halogens is 6. The van der Waals surface area contributed by atoms with Crippen molar-refractivity contribution < 1.29 is 36.0 Å². The smallest absolute Gasteiger partial charge is 0.530 e. The Balaban J connectivity index is 2.03. The van der Waals surface area contributed by atoms with Crippen LogP contribution in [0.4, 0.5) is 26.3 Å². The summed E-state index contributed by atoms with van der Waals surface area (Å²) in [4.78, 5) is 0. The normalized spacial score (nSPS) is 10.8. The van der Waals surface area contributed by atoms with E-state index in [9.17, 15) is 31.4 Å². The van der Waals surface area contributed by atoms with Crippen LogP contribution >= 0.6 is 0 Å². The van der Waals surface area contributed by atoms with Crippen LogP contribution in [0, 0.1) is 34.9 Å².